The number of hydrogen-bond acceptors (Lipinski definition) is 8. The van der Waals surface area contributed by atoms with Gasteiger partial charge in [-0.15, -0.1) is 0 Å². The highest BCUT2D eigenvalue weighted by Crippen LogP contribution is 2.34. The van der Waals surface area contributed by atoms with Crippen molar-refractivity contribution in [1.29, 1.82) is 0 Å². The highest BCUT2D eigenvalue weighted by molar-refractivity contribution is 6.34. The van der Waals surface area contributed by atoms with Crippen molar-refractivity contribution < 1.29 is 18.6 Å². The molecule has 2 fully saturated rings. The van der Waals surface area contributed by atoms with E-state index in [9.17, 15) is 13.9 Å². The Bertz CT molecular complexity index is 1200. The van der Waals surface area contributed by atoms with E-state index in [4.69, 9.17) is 16.3 Å². The number of hydrogen-bond donors (Lipinski definition) is 2. The Morgan fingerprint density at radius 2 is 2.00 bits per heavy atom. The van der Waals surface area contributed by atoms with Crippen LogP contribution in [-0.2, 0) is 11.8 Å². The molecule has 5 rings (SSSR count). The highest BCUT2D eigenvalue weighted by atomic mass is 35.5. The average molecular weight is 494 g/mol. The minimum atomic E-state index is -2.68. The lowest BCUT2D eigenvalue weighted by Crippen LogP contribution is -2.60. The number of ether oxygens (including phenoxy) is 1. The molecule has 0 aliphatic carbocycles. The molecular formula is C22H26ClF2N7O2. The van der Waals surface area contributed by atoms with Crippen molar-refractivity contribution in [3.05, 3.63) is 35.2 Å². The Labute approximate surface area is 200 Å². The molecule has 4 heterocycles. The second-order valence-corrected chi connectivity index (χ2v) is 9.32. The van der Waals surface area contributed by atoms with E-state index in [1.54, 1.807) is 6.20 Å². The molecule has 3 aromatic rings. The van der Waals surface area contributed by atoms with E-state index in [0.29, 0.717) is 23.8 Å². The Hall–Kier alpha value is -2.60. The van der Waals surface area contributed by atoms with E-state index in [2.05, 4.69) is 30.2 Å². The van der Waals surface area contributed by atoms with Crippen LogP contribution in [0.15, 0.2) is 24.5 Å². The van der Waals surface area contributed by atoms with E-state index in [-0.39, 0.29) is 22.9 Å². The third kappa shape index (κ3) is 4.06. The van der Waals surface area contributed by atoms with Crippen LogP contribution in [0.2, 0.25) is 5.02 Å². The molecule has 2 atom stereocenters. The first-order chi connectivity index (χ1) is 16.3. The zero-order valence-corrected chi connectivity index (χ0v) is 19.6. The van der Waals surface area contributed by atoms with Gasteiger partial charge in [-0.2, -0.15) is 5.10 Å². The number of anilines is 3. The van der Waals surface area contributed by atoms with Crippen molar-refractivity contribution in [3.63, 3.8) is 0 Å². The molecule has 0 bridgehead atoms. The smallest absolute Gasteiger partial charge is 0.282 e. The summed E-state index contributed by atoms with van der Waals surface area (Å²) in [4.78, 5) is 13.2. The summed E-state index contributed by atoms with van der Waals surface area (Å²) in [6.45, 7) is 5.91. The van der Waals surface area contributed by atoms with Crippen LogP contribution in [0.25, 0.3) is 10.9 Å². The van der Waals surface area contributed by atoms with Crippen LogP contribution in [0.1, 0.15) is 19.0 Å². The van der Waals surface area contributed by atoms with Gasteiger partial charge in [-0.05, 0) is 19.1 Å². The lowest BCUT2D eigenvalue weighted by molar-refractivity contribution is 0.00884. The van der Waals surface area contributed by atoms with Gasteiger partial charge in [0.25, 0.3) is 6.43 Å². The Kier molecular flexibility index (Phi) is 6.05. The molecule has 2 saturated heterocycles. The minimum absolute atomic E-state index is 0.161. The number of aliphatic hydroxyl groups excluding tert-OH is 1. The Balaban J connectivity index is 1.36. The summed E-state index contributed by atoms with van der Waals surface area (Å²) in [5.41, 5.74) is 1.05. The van der Waals surface area contributed by atoms with Crippen molar-refractivity contribution in [2.45, 2.75) is 25.0 Å². The molecule has 0 unspecified atom stereocenters. The van der Waals surface area contributed by atoms with Crippen molar-refractivity contribution >= 4 is 39.8 Å². The number of aliphatic hydroxyl groups is 1. The standard InChI is InChI=1S/C22H26ClF2N7O2/c1-22(12-34-11-18(22)33)32-5-3-31(4-6-32)17-8-15-13(7-14(17)23)9-26-21(28-15)29-16-10-27-30(2)19(16)20(24)25/h7-10,18,20,33H,3-6,11-12H2,1-2H3,(H,26,28,29)/t18-,22+/m1/s1. The largest absolute Gasteiger partial charge is 0.389 e. The zero-order valence-electron chi connectivity index (χ0n) is 18.9. The fourth-order valence-electron chi connectivity index (χ4n) is 4.68. The third-order valence-corrected chi connectivity index (χ3v) is 7.12. The second-order valence-electron chi connectivity index (χ2n) is 8.91. The summed E-state index contributed by atoms with van der Waals surface area (Å²) in [5, 5.41) is 18.4. The van der Waals surface area contributed by atoms with Crippen LogP contribution in [0.4, 0.5) is 26.1 Å². The summed E-state index contributed by atoms with van der Waals surface area (Å²) >= 11 is 6.60. The third-order valence-electron chi connectivity index (χ3n) is 6.82. The first-order valence-electron chi connectivity index (χ1n) is 11.1. The van der Waals surface area contributed by atoms with E-state index >= 15 is 0 Å². The van der Waals surface area contributed by atoms with Gasteiger partial charge in [0.05, 0.1) is 53.0 Å². The van der Waals surface area contributed by atoms with Gasteiger partial charge in [-0.1, -0.05) is 11.6 Å². The maximum Gasteiger partial charge on any atom is 0.282 e. The molecule has 182 valence electrons. The summed E-state index contributed by atoms with van der Waals surface area (Å²) in [6.07, 6.45) is -0.247. The number of piperazine rings is 1. The number of nitrogens with one attached hydrogen (secondary N) is 1. The number of halogens is 3. The van der Waals surface area contributed by atoms with Gasteiger partial charge in [0.15, 0.2) is 0 Å². The van der Waals surface area contributed by atoms with E-state index < -0.39 is 12.5 Å². The fourth-order valence-corrected chi connectivity index (χ4v) is 4.97. The molecule has 12 heteroatoms. The number of fused-ring (bicyclic) bond motifs is 1. The SMILES string of the molecule is Cn1ncc(Nc2ncc3cc(Cl)c(N4CCN([C@@]5(C)COC[C@H]5O)CC4)cc3n2)c1C(F)F. The van der Waals surface area contributed by atoms with Gasteiger partial charge in [0.2, 0.25) is 5.95 Å². The number of alkyl halides is 2. The van der Waals surface area contributed by atoms with Crippen LogP contribution in [-0.4, -0.2) is 80.8 Å². The summed E-state index contributed by atoms with van der Waals surface area (Å²) in [7, 11) is 1.46. The molecule has 1 aromatic carbocycles. The van der Waals surface area contributed by atoms with Crippen LogP contribution in [0.5, 0.6) is 0 Å². The van der Waals surface area contributed by atoms with Crippen molar-refractivity contribution in [2.24, 2.45) is 7.05 Å². The molecule has 0 spiro atoms. The van der Waals surface area contributed by atoms with Crippen LogP contribution in [0.3, 0.4) is 0 Å². The predicted molar refractivity (Wildman–Crippen MR) is 125 cm³/mol. The minimum Gasteiger partial charge on any atom is -0.389 e. The molecule has 0 saturated carbocycles. The molecule has 2 aromatic heterocycles. The monoisotopic (exact) mass is 493 g/mol. The molecule has 0 amide bonds. The van der Waals surface area contributed by atoms with Crippen molar-refractivity contribution in [2.75, 3.05) is 49.6 Å². The number of rotatable bonds is 5. The van der Waals surface area contributed by atoms with Crippen LogP contribution >= 0.6 is 11.6 Å². The lowest BCUT2D eigenvalue weighted by atomic mass is 9.95. The molecule has 34 heavy (non-hydrogen) atoms. The normalized spacial score (nSPS) is 23.9. The zero-order chi connectivity index (χ0) is 24.0. The van der Waals surface area contributed by atoms with Crippen molar-refractivity contribution in [3.8, 4) is 0 Å². The maximum absolute atomic E-state index is 13.4. The van der Waals surface area contributed by atoms with E-state index in [0.717, 1.165) is 41.9 Å². The number of aromatic nitrogens is 4. The molecule has 0 radical (unpaired) electrons. The van der Waals surface area contributed by atoms with Gasteiger partial charge < -0.3 is 20.1 Å². The van der Waals surface area contributed by atoms with Gasteiger partial charge in [-0.25, -0.2) is 18.7 Å². The fraction of sp³-hybridized carbons (Fsp3) is 0.500. The van der Waals surface area contributed by atoms with Crippen molar-refractivity contribution in [1.82, 2.24) is 24.6 Å². The Morgan fingerprint density at radius 3 is 2.68 bits per heavy atom. The predicted octanol–water partition coefficient (Wildman–Crippen LogP) is 2.97. The maximum atomic E-state index is 13.4. The Morgan fingerprint density at radius 1 is 1.24 bits per heavy atom. The van der Waals surface area contributed by atoms with E-state index in [1.165, 1.54) is 13.2 Å². The molecule has 2 aliphatic rings. The molecule has 2 N–H and O–H groups in total. The number of nitrogens with zero attached hydrogens (tertiary/aromatic N) is 6. The average Bonchev–Trinajstić information content (AvgIpc) is 3.35. The summed E-state index contributed by atoms with van der Waals surface area (Å²) in [5.74, 6) is 0.198. The van der Waals surface area contributed by atoms with Crippen LogP contribution in [0, 0.1) is 0 Å². The second kappa shape index (κ2) is 8.88. The molecular weight excluding hydrogens is 468 g/mol. The highest BCUT2D eigenvalue weighted by Gasteiger charge is 2.44. The summed E-state index contributed by atoms with van der Waals surface area (Å²) < 4.78 is 33.3. The van der Waals surface area contributed by atoms with Gasteiger partial charge in [-0.3, -0.25) is 9.58 Å². The lowest BCUT2D eigenvalue weighted by Gasteiger charge is -2.45. The molecule has 9 nitrogen and oxygen atoms in total. The van der Waals surface area contributed by atoms with Gasteiger partial charge in [0.1, 0.15) is 5.69 Å². The number of aryl methyl sites for hydroxylation is 1. The quantitative estimate of drug-likeness (QED) is 0.560. The topological polar surface area (TPSA) is 91.6 Å². The van der Waals surface area contributed by atoms with Gasteiger partial charge >= 0.3 is 0 Å². The summed E-state index contributed by atoms with van der Waals surface area (Å²) in [6, 6.07) is 3.71. The van der Waals surface area contributed by atoms with E-state index in [1.807, 2.05) is 19.1 Å². The number of benzene rings is 1. The van der Waals surface area contributed by atoms with Gasteiger partial charge in [0, 0.05) is 44.8 Å². The van der Waals surface area contributed by atoms with Crippen LogP contribution < -0.4 is 10.2 Å². The first-order valence-corrected chi connectivity index (χ1v) is 11.4. The first kappa shape index (κ1) is 23.2. The molecule has 2 aliphatic heterocycles.